The van der Waals surface area contributed by atoms with Gasteiger partial charge in [0.05, 0.1) is 0 Å². The lowest BCUT2D eigenvalue weighted by molar-refractivity contribution is 1.66. The van der Waals surface area contributed by atoms with Gasteiger partial charge in [-0.25, -0.2) is 0 Å². The molecule has 4 heteroatoms. The molecule has 42 heavy (non-hydrogen) atoms. The maximum atomic E-state index is 7.05. The molecule has 0 bridgehead atoms. The molecule has 0 aliphatic carbocycles. The molecule has 8 aromatic carbocycles. The molecule has 0 radical (unpaired) electrons. The van der Waals surface area contributed by atoms with Crippen LogP contribution in [0.25, 0.3) is 76.1 Å². The fraction of sp³-hybridized carbons (Fsp3) is 0. The maximum Gasteiger partial charge on any atom is 0.0491 e. The van der Waals surface area contributed by atoms with Crippen LogP contribution in [0.2, 0.25) is 10.0 Å². The third kappa shape index (κ3) is 4.08. The van der Waals surface area contributed by atoms with Gasteiger partial charge in [-0.15, -0.1) is 0 Å². The van der Waals surface area contributed by atoms with Crippen LogP contribution in [0.1, 0.15) is 0 Å². The normalized spacial score (nSPS) is 11.8. The number of benzene rings is 8. The molecular formula is C38H20Br2Cl2. The van der Waals surface area contributed by atoms with Crippen LogP contribution in [0.4, 0.5) is 0 Å². The van der Waals surface area contributed by atoms with Crippen LogP contribution in [-0.4, -0.2) is 0 Å². The van der Waals surface area contributed by atoms with Crippen LogP contribution in [-0.2, 0) is 0 Å². The first-order valence-electron chi connectivity index (χ1n) is 13.6. The summed E-state index contributed by atoms with van der Waals surface area (Å²) in [6.07, 6.45) is 0. The summed E-state index contributed by atoms with van der Waals surface area (Å²) in [6.45, 7) is 0. The largest absolute Gasteiger partial charge is 0.0836 e. The van der Waals surface area contributed by atoms with Crippen LogP contribution < -0.4 is 0 Å². The Hall–Kier alpha value is -3.40. The first-order valence-corrected chi connectivity index (χ1v) is 16.0. The first kappa shape index (κ1) is 26.2. The van der Waals surface area contributed by atoms with Gasteiger partial charge in [-0.1, -0.05) is 140 Å². The Morgan fingerprint density at radius 1 is 0.381 bits per heavy atom. The highest BCUT2D eigenvalue weighted by Crippen LogP contribution is 2.43. The molecule has 0 unspecified atom stereocenters. The summed E-state index contributed by atoms with van der Waals surface area (Å²) in [6, 6.07) is 42.7. The maximum absolute atomic E-state index is 7.05. The zero-order chi connectivity index (χ0) is 28.5. The summed E-state index contributed by atoms with van der Waals surface area (Å²) in [4.78, 5) is 0. The highest BCUT2D eigenvalue weighted by Gasteiger charge is 2.15. The van der Waals surface area contributed by atoms with Gasteiger partial charge in [-0.2, -0.15) is 0 Å². The van der Waals surface area contributed by atoms with Crippen molar-refractivity contribution < 1.29 is 0 Å². The molecule has 0 atom stereocenters. The van der Waals surface area contributed by atoms with E-state index in [1.54, 1.807) is 0 Å². The van der Waals surface area contributed by atoms with Crippen molar-refractivity contribution in [2.45, 2.75) is 0 Å². The minimum absolute atomic E-state index is 0.726. The lowest BCUT2D eigenvalue weighted by Gasteiger charge is -2.15. The monoisotopic (exact) mass is 704 g/mol. The molecule has 0 spiro atoms. The fourth-order valence-corrected chi connectivity index (χ4v) is 8.09. The van der Waals surface area contributed by atoms with E-state index in [9.17, 15) is 0 Å². The van der Waals surface area contributed by atoms with E-state index in [0.717, 1.165) is 62.4 Å². The molecular weight excluding hydrogens is 687 g/mol. The van der Waals surface area contributed by atoms with Gasteiger partial charge in [0, 0.05) is 40.5 Å². The second-order valence-electron chi connectivity index (χ2n) is 10.6. The zero-order valence-electron chi connectivity index (χ0n) is 22.1. The average molecular weight is 707 g/mol. The lowest BCUT2D eigenvalue weighted by Crippen LogP contribution is -1.88. The van der Waals surface area contributed by atoms with Gasteiger partial charge in [0.2, 0.25) is 0 Å². The van der Waals surface area contributed by atoms with Crippen LogP contribution >= 0.6 is 55.1 Å². The SMILES string of the molecule is Clc1cc2c3ccc(-c4cccc5cccc(Br)c45)cc3c(Cl)cc2c2ccc(-c3cccc4cccc(Br)c34)cc12. The van der Waals surface area contributed by atoms with Crippen molar-refractivity contribution in [2.75, 3.05) is 0 Å². The highest BCUT2D eigenvalue weighted by molar-refractivity contribution is 9.11. The molecule has 0 aromatic heterocycles. The predicted molar refractivity (Wildman–Crippen MR) is 190 cm³/mol. The molecule has 0 aliphatic rings. The fourth-order valence-electron chi connectivity index (χ4n) is 6.37. The van der Waals surface area contributed by atoms with Crippen molar-refractivity contribution >= 4 is 109 Å². The van der Waals surface area contributed by atoms with E-state index in [-0.39, 0.29) is 0 Å². The molecule has 8 rings (SSSR count). The summed E-state index contributed by atoms with van der Waals surface area (Å²) in [5.41, 5.74) is 4.59. The van der Waals surface area contributed by atoms with E-state index in [4.69, 9.17) is 23.2 Å². The highest BCUT2D eigenvalue weighted by atomic mass is 79.9. The molecule has 200 valence electrons. The van der Waals surface area contributed by atoms with E-state index in [1.165, 1.54) is 32.7 Å². The molecule has 0 amide bonds. The van der Waals surface area contributed by atoms with Crippen molar-refractivity contribution in [3.05, 3.63) is 140 Å². The molecule has 0 heterocycles. The topological polar surface area (TPSA) is 0 Å². The quantitative estimate of drug-likeness (QED) is 0.157. The molecule has 0 N–H and O–H groups in total. The van der Waals surface area contributed by atoms with Gasteiger partial charge >= 0.3 is 0 Å². The summed E-state index contributed by atoms with van der Waals surface area (Å²) < 4.78 is 2.16. The Kier molecular flexibility index (Phi) is 6.31. The number of halogens is 4. The minimum atomic E-state index is 0.726. The summed E-state index contributed by atoms with van der Waals surface area (Å²) >= 11 is 21.6. The Morgan fingerprint density at radius 3 is 1.21 bits per heavy atom. The van der Waals surface area contributed by atoms with Gasteiger partial charge in [-0.05, 0) is 91.0 Å². The summed E-state index contributed by atoms with van der Waals surface area (Å²) in [5, 5.41) is 12.6. The van der Waals surface area contributed by atoms with Crippen LogP contribution in [0.15, 0.2) is 130 Å². The molecule has 0 saturated carbocycles. The van der Waals surface area contributed by atoms with Gasteiger partial charge in [0.15, 0.2) is 0 Å². The Labute approximate surface area is 269 Å². The molecule has 0 fully saturated rings. The second-order valence-corrected chi connectivity index (χ2v) is 13.1. The third-order valence-corrected chi connectivity index (χ3v) is 10.2. The molecule has 0 aliphatic heterocycles. The van der Waals surface area contributed by atoms with Gasteiger partial charge in [0.25, 0.3) is 0 Å². The molecule has 8 aromatic rings. The number of fused-ring (bicyclic) bond motifs is 7. The standard InChI is InChI=1S/C38H20Br2Cl2/c39-33-11-3-7-21-5-1-9-25(37(21)33)23-13-15-27-29-20-36(42)32-18-24(14-16-28(32)30(29)19-35(41)31(27)17-23)26-10-2-6-22-8-4-12-34(40)38(22)26/h1-20H. The Balaban J connectivity index is 1.34. The molecule has 0 nitrogen and oxygen atoms in total. The number of hydrogen-bond donors (Lipinski definition) is 0. The van der Waals surface area contributed by atoms with Crippen molar-refractivity contribution in [3.63, 3.8) is 0 Å². The van der Waals surface area contributed by atoms with Crippen molar-refractivity contribution in [1.82, 2.24) is 0 Å². The van der Waals surface area contributed by atoms with E-state index in [1.807, 2.05) is 0 Å². The summed E-state index contributed by atoms with van der Waals surface area (Å²) in [7, 11) is 0. The minimum Gasteiger partial charge on any atom is -0.0836 e. The van der Waals surface area contributed by atoms with Crippen LogP contribution in [0, 0.1) is 0 Å². The van der Waals surface area contributed by atoms with E-state index in [0.29, 0.717) is 0 Å². The number of rotatable bonds is 2. The zero-order valence-corrected chi connectivity index (χ0v) is 26.7. The lowest BCUT2D eigenvalue weighted by atomic mass is 9.91. The van der Waals surface area contributed by atoms with E-state index >= 15 is 0 Å². The Morgan fingerprint density at radius 2 is 0.786 bits per heavy atom. The second kappa shape index (κ2) is 10.1. The van der Waals surface area contributed by atoms with E-state index < -0.39 is 0 Å². The summed E-state index contributed by atoms with van der Waals surface area (Å²) in [5.74, 6) is 0. The van der Waals surface area contributed by atoms with Crippen molar-refractivity contribution in [3.8, 4) is 22.3 Å². The van der Waals surface area contributed by atoms with Gasteiger partial charge in [0.1, 0.15) is 0 Å². The Bertz CT molecular complexity index is 2230. The molecule has 0 saturated heterocycles. The van der Waals surface area contributed by atoms with Crippen molar-refractivity contribution in [1.29, 1.82) is 0 Å². The van der Waals surface area contributed by atoms with E-state index in [2.05, 4.69) is 153 Å². The van der Waals surface area contributed by atoms with Crippen LogP contribution in [0.5, 0.6) is 0 Å². The number of hydrogen-bond acceptors (Lipinski definition) is 0. The third-order valence-electron chi connectivity index (χ3n) is 8.30. The average Bonchev–Trinajstić information content (AvgIpc) is 3.01. The predicted octanol–water partition coefficient (Wildman–Crippen LogP) is 13.6. The van der Waals surface area contributed by atoms with Crippen molar-refractivity contribution in [2.24, 2.45) is 0 Å². The van der Waals surface area contributed by atoms with Gasteiger partial charge in [-0.3, -0.25) is 0 Å². The first-order chi connectivity index (χ1) is 20.5. The van der Waals surface area contributed by atoms with Crippen LogP contribution in [0.3, 0.4) is 0 Å². The van der Waals surface area contributed by atoms with Gasteiger partial charge < -0.3 is 0 Å². The smallest absolute Gasteiger partial charge is 0.0491 e.